The van der Waals surface area contributed by atoms with Crippen LogP contribution in [-0.2, 0) is 0 Å². The van der Waals surface area contributed by atoms with Gasteiger partial charge in [0, 0.05) is 0 Å². The van der Waals surface area contributed by atoms with Gasteiger partial charge >= 0.3 is 0 Å². The summed E-state index contributed by atoms with van der Waals surface area (Å²) in [6.45, 7) is 3.64. The summed E-state index contributed by atoms with van der Waals surface area (Å²) in [5, 5.41) is 2.60. The Kier molecular flexibility index (Phi) is 1.72. The molecule has 2 aromatic carbocycles. The second-order valence-corrected chi connectivity index (χ2v) is 3.78. The molecule has 0 aromatic heterocycles. The Morgan fingerprint density at radius 3 is 2.67 bits per heavy atom. The van der Waals surface area contributed by atoms with E-state index in [1.54, 1.807) is 0 Å². The highest BCUT2D eigenvalue weighted by Crippen LogP contribution is 2.34. The zero-order valence-electron chi connectivity index (χ0n) is 8.35. The molecule has 3 rings (SSSR count). The number of nitrogens with zero attached hydrogens (tertiary/aromatic N) is 1. The van der Waals surface area contributed by atoms with Gasteiger partial charge in [0.25, 0.3) is 0 Å². The van der Waals surface area contributed by atoms with Gasteiger partial charge in [-0.15, -0.1) is 0 Å². The second-order valence-electron chi connectivity index (χ2n) is 3.78. The van der Waals surface area contributed by atoms with Crippen molar-refractivity contribution in [3.05, 3.63) is 53.6 Å². The van der Waals surface area contributed by atoms with Gasteiger partial charge in [0.1, 0.15) is 0 Å². The van der Waals surface area contributed by atoms with E-state index in [0.717, 1.165) is 0 Å². The zero-order chi connectivity index (χ0) is 10.3. The molecule has 0 fully saturated rings. The van der Waals surface area contributed by atoms with E-state index in [0.29, 0.717) is 0 Å². The third-order valence-corrected chi connectivity index (χ3v) is 2.94. The highest BCUT2D eigenvalue weighted by Gasteiger charge is 2.14. The van der Waals surface area contributed by atoms with Crippen LogP contribution < -0.4 is 0 Å². The molecule has 15 heavy (non-hydrogen) atoms. The average molecular weight is 193 g/mol. The van der Waals surface area contributed by atoms with Crippen LogP contribution in [0.1, 0.15) is 17.2 Å². The maximum Gasteiger partial charge on any atom is 0.0932 e. The van der Waals surface area contributed by atoms with E-state index in [4.69, 9.17) is 0 Å². The molecule has 0 bridgehead atoms. The Hall–Kier alpha value is -1.89. The standard InChI is InChI=1S/C14H11N/c1-15-13-9-8-11-5-2-4-10-6-3-7-12(13)14(10)11/h2-9,13H,1H2. The molecule has 0 heterocycles. The van der Waals surface area contributed by atoms with E-state index in [-0.39, 0.29) is 6.04 Å². The zero-order valence-corrected chi connectivity index (χ0v) is 8.35. The first kappa shape index (κ1) is 8.42. The van der Waals surface area contributed by atoms with Crippen LogP contribution in [0.15, 0.2) is 47.5 Å². The van der Waals surface area contributed by atoms with Crippen LogP contribution in [0.5, 0.6) is 0 Å². The van der Waals surface area contributed by atoms with E-state index >= 15 is 0 Å². The molecule has 72 valence electrons. The summed E-state index contributed by atoms with van der Waals surface area (Å²) >= 11 is 0. The van der Waals surface area contributed by atoms with Crippen molar-refractivity contribution >= 4 is 23.6 Å². The quantitative estimate of drug-likeness (QED) is 0.613. The number of hydrogen-bond donors (Lipinski definition) is 0. The van der Waals surface area contributed by atoms with Gasteiger partial charge in [0.2, 0.25) is 0 Å². The molecule has 1 aliphatic rings. The molecule has 1 nitrogen and oxygen atoms in total. The Balaban J connectivity index is 2.46. The van der Waals surface area contributed by atoms with E-state index in [1.807, 2.05) is 0 Å². The second kappa shape index (κ2) is 3.06. The smallest absolute Gasteiger partial charge is 0.0932 e. The van der Waals surface area contributed by atoms with Gasteiger partial charge in [-0.25, -0.2) is 0 Å². The van der Waals surface area contributed by atoms with Gasteiger partial charge in [-0.05, 0) is 28.6 Å². The molecule has 0 saturated carbocycles. The minimum absolute atomic E-state index is 0.114. The van der Waals surface area contributed by atoms with Gasteiger partial charge in [-0.2, -0.15) is 0 Å². The molecule has 2 aromatic rings. The predicted molar refractivity (Wildman–Crippen MR) is 65.3 cm³/mol. The Bertz CT molecular complexity index is 561. The van der Waals surface area contributed by atoms with Crippen LogP contribution in [0.4, 0.5) is 0 Å². The first-order valence-corrected chi connectivity index (χ1v) is 5.06. The van der Waals surface area contributed by atoms with Gasteiger partial charge < -0.3 is 0 Å². The number of aliphatic imine (C=N–C) groups is 1. The highest BCUT2D eigenvalue weighted by atomic mass is 14.7. The average Bonchev–Trinajstić information content (AvgIpc) is 2.30. The lowest BCUT2D eigenvalue weighted by Gasteiger charge is -2.17. The lowest BCUT2D eigenvalue weighted by molar-refractivity contribution is 0.933. The molecule has 0 N–H and O–H groups in total. The van der Waals surface area contributed by atoms with Crippen molar-refractivity contribution in [1.29, 1.82) is 0 Å². The first-order valence-electron chi connectivity index (χ1n) is 5.06. The summed E-state index contributed by atoms with van der Waals surface area (Å²) in [6, 6.07) is 12.8. The molecular formula is C14H11N. The van der Waals surface area contributed by atoms with E-state index in [9.17, 15) is 0 Å². The number of rotatable bonds is 1. The highest BCUT2D eigenvalue weighted by molar-refractivity contribution is 5.95. The molecule has 0 radical (unpaired) electrons. The molecule has 1 heteroatoms. The first-order chi connectivity index (χ1) is 7.40. The van der Waals surface area contributed by atoms with Crippen LogP contribution in [0.3, 0.4) is 0 Å². The molecule has 0 aliphatic heterocycles. The fourth-order valence-corrected chi connectivity index (χ4v) is 2.24. The topological polar surface area (TPSA) is 12.4 Å². The normalized spacial score (nSPS) is 18.0. The third-order valence-electron chi connectivity index (χ3n) is 2.94. The van der Waals surface area contributed by atoms with Crippen LogP contribution in [0.25, 0.3) is 16.8 Å². The van der Waals surface area contributed by atoms with Crippen LogP contribution in [-0.4, -0.2) is 6.72 Å². The van der Waals surface area contributed by atoms with Gasteiger partial charge in [-0.3, -0.25) is 4.99 Å². The molecule has 1 aliphatic carbocycles. The van der Waals surface area contributed by atoms with Crippen molar-refractivity contribution in [3.8, 4) is 0 Å². The Labute approximate surface area is 88.8 Å². The van der Waals surface area contributed by atoms with Crippen molar-refractivity contribution in [2.75, 3.05) is 0 Å². The largest absolute Gasteiger partial charge is 0.289 e. The minimum Gasteiger partial charge on any atom is -0.289 e. The summed E-state index contributed by atoms with van der Waals surface area (Å²) in [6.07, 6.45) is 4.23. The Morgan fingerprint density at radius 1 is 1.07 bits per heavy atom. The molecule has 1 unspecified atom stereocenters. The molecule has 0 spiro atoms. The number of benzene rings is 2. The van der Waals surface area contributed by atoms with Crippen molar-refractivity contribution in [1.82, 2.24) is 0 Å². The predicted octanol–water partition coefficient (Wildman–Crippen LogP) is 3.61. The molecular weight excluding hydrogens is 182 g/mol. The van der Waals surface area contributed by atoms with Crippen LogP contribution in [0.2, 0.25) is 0 Å². The van der Waals surface area contributed by atoms with E-state index < -0.39 is 0 Å². The van der Waals surface area contributed by atoms with E-state index in [2.05, 4.69) is 60.3 Å². The summed E-state index contributed by atoms with van der Waals surface area (Å²) in [4.78, 5) is 4.13. The van der Waals surface area contributed by atoms with Crippen molar-refractivity contribution < 1.29 is 0 Å². The fourth-order valence-electron chi connectivity index (χ4n) is 2.24. The van der Waals surface area contributed by atoms with Gasteiger partial charge in [0.05, 0.1) is 6.04 Å². The van der Waals surface area contributed by atoms with Crippen molar-refractivity contribution in [2.45, 2.75) is 6.04 Å². The summed E-state index contributed by atoms with van der Waals surface area (Å²) in [5.41, 5.74) is 2.55. The minimum atomic E-state index is 0.114. The number of hydrogen-bond acceptors (Lipinski definition) is 1. The van der Waals surface area contributed by atoms with Gasteiger partial charge in [0.15, 0.2) is 0 Å². The maximum atomic E-state index is 4.13. The van der Waals surface area contributed by atoms with Crippen LogP contribution in [0, 0.1) is 0 Å². The molecule has 1 atom stereocenters. The van der Waals surface area contributed by atoms with Crippen LogP contribution >= 0.6 is 0 Å². The summed E-state index contributed by atoms with van der Waals surface area (Å²) < 4.78 is 0. The van der Waals surface area contributed by atoms with E-state index in [1.165, 1.54) is 21.9 Å². The monoisotopic (exact) mass is 193 g/mol. The Morgan fingerprint density at radius 2 is 1.87 bits per heavy atom. The fraction of sp³-hybridized carbons (Fsp3) is 0.0714. The SMILES string of the molecule is C=NC1C=Cc2cccc3cccc1c23. The van der Waals surface area contributed by atoms with Crippen molar-refractivity contribution in [3.63, 3.8) is 0 Å². The lowest BCUT2D eigenvalue weighted by Crippen LogP contribution is -1.98. The molecule has 0 amide bonds. The van der Waals surface area contributed by atoms with Crippen molar-refractivity contribution in [2.24, 2.45) is 4.99 Å². The summed E-state index contributed by atoms with van der Waals surface area (Å²) in [7, 11) is 0. The lowest BCUT2D eigenvalue weighted by atomic mass is 9.90. The summed E-state index contributed by atoms with van der Waals surface area (Å²) in [5.74, 6) is 0. The molecule has 0 saturated heterocycles. The van der Waals surface area contributed by atoms with Gasteiger partial charge in [-0.1, -0.05) is 48.6 Å². The maximum absolute atomic E-state index is 4.13. The third kappa shape index (κ3) is 1.13.